The molecule has 3 nitrogen and oxygen atoms in total. The van der Waals surface area contributed by atoms with Crippen LogP contribution in [0.15, 0.2) is 24.3 Å². The van der Waals surface area contributed by atoms with Gasteiger partial charge in [-0.25, -0.2) is 9.90 Å². The van der Waals surface area contributed by atoms with Crippen molar-refractivity contribution < 1.29 is 9.90 Å². The van der Waals surface area contributed by atoms with Crippen molar-refractivity contribution in [3.05, 3.63) is 35.4 Å². The fourth-order valence-corrected chi connectivity index (χ4v) is 0.681. The second-order valence-corrected chi connectivity index (χ2v) is 1.98. The maximum atomic E-state index is 10.2. The highest BCUT2D eigenvalue weighted by molar-refractivity contribution is 5.87. The minimum Gasteiger partial charge on any atom is -0.242 e. The Morgan fingerprint density at radius 2 is 1.82 bits per heavy atom. The fourth-order valence-electron chi connectivity index (χ4n) is 0.681. The predicted octanol–water partition coefficient (Wildman–Crippen LogP) is 1.13. The van der Waals surface area contributed by atoms with Crippen molar-refractivity contribution in [1.29, 1.82) is 5.26 Å². The van der Waals surface area contributed by atoms with Crippen molar-refractivity contribution in [3.63, 3.8) is 0 Å². The van der Waals surface area contributed by atoms with Gasteiger partial charge in [0.2, 0.25) is 0 Å². The van der Waals surface area contributed by atoms with E-state index in [0.717, 1.165) is 0 Å². The lowest BCUT2D eigenvalue weighted by Crippen LogP contribution is -1.92. The average molecular weight is 146 g/mol. The van der Waals surface area contributed by atoms with Gasteiger partial charge in [-0.3, -0.25) is 0 Å². The number of nitrogens with zero attached hydrogens (tertiary/aromatic N) is 1. The van der Waals surface area contributed by atoms with Gasteiger partial charge in [0, 0.05) is 0 Å². The van der Waals surface area contributed by atoms with E-state index in [-0.39, 0.29) is 5.56 Å². The molecule has 0 saturated heterocycles. The number of rotatable bonds is 1. The van der Waals surface area contributed by atoms with E-state index < -0.39 is 5.97 Å². The number of carbonyl (C=O) groups excluding carboxylic acids is 1. The Kier molecular flexibility index (Phi) is 1.88. The maximum Gasteiger partial charge on any atom is 0.386 e. The Balaban J connectivity index is 3.03. The van der Waals surface area contributed by atoms with Crippen molar-refractivity contribution in [2.24, 2.45) is 0 Å². The molecule has 0 aliphatic heterocycles. The highest BCUT2D eigenvalue weighted by Gasteiger charge is 2.02. The van der Waals surface area contributed by atoms with Gasteiger partial charge in [0.15, 0.2) is 0 Å². The topological polar surface area (TPSA) is 60.8 Å². The molecule has 1 radical (unpaired) electrons. The lowest BCUT2D eigenvalue weighted by molar-refractivity contribution is 0.0573. The summed E-state index contributed by atoms with van der Waals surface area (Å²) in [5, 5.41) is 18.6. The summed E-state index contributed by atoms with van der Waals surface area (Å²) in [6.45, 7) is 0. The Morgan fingerprint density at radius 1 is 1.27 bits per heavy atom. The molecule has 0 bridgehead atoms. The van der Waals surface area contributed by atoms with Crippen LogP contribution in [0.1, 0.15) is 15.9 Å². The van der Waals surface area contributed by atoms with E-state index in [4.69, 9.17) is 5.26 Å². The summed E-state index contributed by atoms with van der Waals surface area (Å²) in [7, 11) is 0. The molecule has 1 aromatic rings. The highest BCUT2D eigenvalue weighted by Crippen LogP contribution is 2.02. The zero-order chi connectivity index (χ0) is 8.27. The molecule has 3 heteroatoms. The van der Waals surface area contributed by atoms with Crippen LogP contribution in [0.5, 0.6) is 0 Å². The molecule has 0 saturated carbocycles. The van der Waals surface area contributed by atoms with Gasteiger partial charge in [0.1, 0.15) is 0 Å². The Morgan fingerprint density at radius 3 is 2.18 bits per heavy atom. The van der Waals surface area contributed by atoms with Gasteiger partial charge in [-0.1, -0.05) is 0 Å². The molecule has 0 aliphatic rings. The van der Waals surface area contributed by atoms with Crippen LogP contribution in [0.4, 0.5) is 0 Å². The summed E-state index contributed by atoms with van der Waals surface area (Å²) in [5.74, 6) is -1.23. The maximum absolute atomic E-state index is 10.2. The van der Waals surface area contributed by atoms with Crippen molar-refractivity contribution in [2.45, 2.75) is 0 Å². The van der Waals surface area contributed by atoms with Crippen molar-refractivity contribution >= 4 is 5.97 Å². The molecule has 0 fully saturated rings. The summed E-state index contributed by atoms with van der Waals surface area (Å²) < 4.78 is 0. The summed E-state index contributed by atoms with van der Waals surface area (Å²) in [6.07, 6.45) is 0. The largest absolute Gasteiger partial charge is 0.386 e. The monoisotopic (exact) mass is 146 g/mol. The van der Waals surface area contributed by atoms with Crippen molar-refractivity contribution in [3.8, 4) is 6.07 Å². The van der Waals surface area contributed by atoms with Crippen LogP contribution in [-0.2, 0) is 5.11 Å². The third kappa shape index (κ3) is 1.55. The van der Waals surface area contributed by atoms with Crippen molar-refractivity contribution in [1.82, 2.24) is 0 Å². The first kappa shape index (κ1) is 7.29. The molecule has 0 spiro atoms. The van der Waals surface area contributed by atoms with Gasteiger partial charge >= 0.3 is 5.97 Å². The molecule has 0 aliphatic carbocycles. The third-order valence-corrected chi connectivity index (χ3v) is 1.25. The number of nitriles is 1. The Labute approximate surface area is 63.5 Å². The Bertz CT molecular complexity index is 308. The summed E-state index contributed by atoms with van der Waals surface area (Å²) in [6, 6.07) is 7.43. The van der Waals surface area contributed by atoms with E-state index in [2.05, 4.69) is 0 Å². The van der Waals surface area contributed by atoms with Gasteiger partial charge in [-0.05, 0) is 24.3 Å². The van der Waals surface area contributed by atoms with Gasteiger partial charge in [-0.2, -0.15) is 5.26 Å². The molecule has 0 unspecified atom stereocenters. The lowest BCUT2D eigenvalue weighted by atomic mass is 10.1. The average Bonchev–Trinajstić information content (AvgIpc) is 2.05. The highest BCUT2D eigenvalue weighted by atomic mass is 16.4. The van der Waals surface area contributed by atoms with E-state index in [1.807, 2.05) is 6.07 Å². The van der Waals surface area contributed by atoms with Crippen LogP contribution in [0.25, 0.3) is 0 Å². The van der Waals surface area contributed by atoms with E-state index in [0.29, 0.717) is 5.56 Å². The number of hydrogen-bond donors (Lipinski definition) is 0. The minimum atomic E-state index is -1.23. The smallest absolute Gasteiger partial charge is 0.242 e. The quantitative estimate of drug-likeness (QED) is 0.596. The molecular weight excluding hydrogens is 142 g/mol. The minimum absolute atomic E-state index is 0.0870. The van der Waals surface area contributed by atoms with E-state index in [9.17, 15) is 9.90 Å². The summed E-state index contributed by atoms with van der Waals surface area (Å²) >= 11 is 0. The first-order valence-electron chi connectivity index (χ1n) is 2.95. The summed E-state index contributed by atoms with van der Waals surface area (Å²) in [5.41, 5.74) is 0.527. The van der Waals surface area contributed by atoms with Crippen LogP contribution >= 0.6 is 0 Å². The standard InChI is InChI=1S/C8H4NO2/c9-5-6-1-3-7(4-2-6)8(10)11/h1-4H. The molecule has 0 amide bonds. The van der Waals surface area contributed by atoms with E-state index >= 15 is 0 Å². The summed E-state index contributed by atoms with van der Waals surface area (Å²) in [4.78, 5) is 10.2. The van der Waals surface area contributed by atoms with E-state index in [1.165, 1.54) is 24.3 Å². The number of carbonyl (C=O) groups is 1. The molecule has 1 rings (SSSR count). The number of hydrogen-bond acceptors (Lipinski definition) is 2. The van der Waals surface area contributed by atoms with Gasteiger partial charge in [0.05, 0.1) is 17.2 Å². The normalized spacial score (nSPS) is 8.64. The van der Waals surface area contributed by atoms with Crippen LogP contribution in [0.2, 0.25) is 0 Å². The van der Waals surface area contributed by atoms with Crippen LogP contribution in [-0.4, -0.2) is 5.97 Å². The van der Waals surface area contributed by atoms with Crippen molar-refractivity contribution in [2.75, 3.05) is 0 Å². The molecule has 0 atom stereocenters. The van der Waals surface area contributed by atoms with Crippen LogP contribution in [0, 0.1) is 11.3 Å². The van der Waals surface area contributed by atoms with Gasteiger partial charge in [0.25, 0.3) is 0 Å². The lowest BCUT2D eigenvalue weighted by Gasteiger charge is -1.89. The molecular formula is C8H4NO2. The van der Waals surface area contributed by atoms with Gasteiger partial charge in [-0.15, -0.1) is 0 Å². The number of benzene rings is 1. The van der Waals surface area contributed by atoms with E-state index in [1.54, 1.807) is 0 Å². The fraction of sp³-hybridized carbons (Fsp3) is 0. The molecule has 11 heavy (non-hydrogen) atoms. The third-order valence-electron chi connectivity index (χ3n) is 1.25. The molecule has 1 aromatic carbocycles. The second-order valence-electron chi connectivity index (χ2n) is 1.98. The second kappa shape index (κ2) is 2.84. The van der Waals surface area contributed by atoms with Crippen LogP contribution < -0.4 is 0 Å². The zero-order valence-corrected chi connectivity index (χ0v) is 5.57. The molecule has 0 heterocycles. The molecule has 0 N–H and O–H groups in total. The predicted molar refractivity (Wildman–Crippen MR) is 36.2 cm³/mol. The first-order chi connectivity index (χ1) is 5.24. The SMILES string of the molecule is N#Cc1ccc(C([O])=O)cc1. The Hall–Kier alpha value is -1.82. The first-order valence-corrected chi connectivity index (χ1v) is 2.95. The molecule has 53 valence electrons. The zero-order valence-electron chi connectivity index (χ0n) is 5.57. The van der Waals surface area contributed by atoms with Crippen LogP contribution in [0.3, 0.4) is 0 Å². The van der Waals surface area contributed by atoms with Gasteiger partial charge < -0.3 is 0 Å². The molecule has 0 aromatic heterocycles.